The van der Waals surface area contributed by atoms with Gasteiger partial charge >= 0.3 is 0 Å². The van der Waals surface area contributed by atoms with Gasteiger partial charge in [-0.25, -0.2) is 0 Å². The van der Waals surface area contributed by atoms with Gasteiger partial charge in [0.25, 0.3) is 0 Å². The largest absolute Gasteiger partial charge is 0.485 e. The minimum Gasteiger partial charge on any atom is -0.485 e. The summed E-state index contributed by atoms with van der Waals surface area (Å²) in [5, 5.41) is 2.90. The van der Waals surface area contributed by atoms with E-state index in [0.29, 0.717) is 29.7 Å². The van der Waals surface area contributed by atoms with Crippen LogP contribution in [0.15, 0.2) is 167 Å². The Bertz CT molecular complexity index is 2160. The van der Waals surface area contributed by atoms with Crippen molar-refractivity contribution < 1.29 is 4.74 Å². The van der Waals surface area contributed by atoms with Crippen LogP contribution in [0.5, 0.6) is 0 Å². The lowest BCUT2D eigenvalue weighted by molar-refractivity contribution is 0.167. The van der Waals surface area contributed by atoms with Crippen LogP contribution in [0.25, 0.3) is 11.3 Å². The molecular weight excluding hydrogens is 631 g/mol. The number of hydrogen-bond acceptors (Lipinski definition) is 2. The topological polar surface area (TPSA) is 12.5 Å². The molecule has 0 aromatic heterocycles. The van der Waals surface area contributed by atoms with Gasteiger partial charge in [-0.1, -0.05) is 121 Å². The number of hydrogen-bond donors (Lipinski definition) is 0. The first-order chi connectivity index (χ1) is 25.8. The van der Waals surface area contributed by atoms with Gasteiger partial charge in [0, 0.05) is 28.4 Å². The smallest absolute Gasteiger partial charge is 0.127 e. The fourth-order valence-corrected chi connectivity index (χ4v) is 10.6. The fourth-order valence-electron chi connectivity index (χ4n) is 10.6. The Hall–Kier alpha value is -4.56. The minimum absolute atomic E-state index is 0.151. The Balaban J connectivity index is 0.969. The van der Waals surface area contributed by atoms with E-state index in [1.54, 1.807) is 16.8 Å². The van der Waals surface area contributed by atoms with Gasteiger partial charge in [-0.2, -0.15) is 0 Å². The molecule has 1 aliphatic heterocycles. The third-order valence-electron chi connectivity index (χ3n) is 13.3. The molecule has 0 bridgehead atoms. The summed E-state index contributed by atoms with van der Waals surface area (Å²) >= 11 is 0. The number of allylic oxidation sites excluding steroid dienone is 18. The Morgan fingerprint density at radius 3 is 2.50 bits per heavy atom. The molecule has 0 radical (unpaired) electrons. The van der Waals surface area contributed by atoms with Crippen LogP contribution in [0.1, 0.15) is 77.0 Å². The molecule has 5 unspecified atom stereocenters. The predicted molar refractivity (Wildman–Crippen MR) is 215 cm³/mol. The van der Waals surface area contributed by atoms with Crippen molar-refractivity contribution in [3.05, 3.63) is 177 Å². The zero-order valence-electron chi connectivity index (χ0n) is 30.4. The highest BCUT2D eigenvalue weighted by atomic mass is 16.5. The Labute approximate surface area is 310 Å². The Morgan fingerprint density at radius 1 is 0.692 bits per heavy atom. The molecule has 8 aliphatic carbocycles. The summed E-state index contributed by atoms with van der Waals surface area (Å²) < 4.78 is 6.75. The highest BCUT2D eigenvalue weighted by Gasteiger charge is 2.40. The van der Waals surface area contributed by atoms with E-state index in [1.165, 1.54) is 63.4 Å². The summed E-state index contributed by atoms with van der Waals surface area (Å²) in [5.41, 5.74) is 12.2. The van der Waals surface area contributed by atoms with Crippen molar-refractivity contribution in [1.82, 2.24) is 4.90 Å². The van der Waals surface area contributed by atoms with E-state index in [-0.39, 0.29) is 6.10 Å². The third-order valence-corrected chi connectivity index (χ3v) is 13.3. The summed E-state index contributed by atoms with van der Waals surface area (Å²) in [7, 11) is 0. The number of benzene rings is 1. The van der Waals surface area contributed by atoms with Crippen LogP contribution in [0.4, 0.5) is 0 Å². The van der Waals surface area contributed by atoms with Gasteiger partial charge in [0.1, 0.15) is 11.9 Å². The molecule has 262 valence electrons. The molecular formula is C50H51NO. The highest BCUT2D eigenvalue weighted by molar-refractivity contribution is 5.68. The van der Waals surface area contributed by atoms with Crippen molar-refractivity contribution in [2.75, 3.05) is 0 Å². The van der Waals surface area contributed by atoms with Gasteiger partial charge in [-0.15, -0.1) is 0 Å². The average Bonchev–Trinajstić information content (AvgIpc) is 3.60. The lowest BCUT2D eigenvalue weighted by Crippen LogP contribution is -2.44. The maximum absolute atomic E-state index is 6.75. The summed E-state index contributed by atoms with van der Waals surface area (Å²) in [6, 6.07) is 9.62. The quantitative estimate of drug-likeness (QED) is 0.296. The Morgan fingerprint density at radius 2 is 1.63 bits per heavy atom. The second-order valence-corrected chi connectivity index (χ2v) is 16.2. The van der Waals surface area contributed by atoms with Crippen molar-refractivity contribution >= 4 is 11.3 Å². The number of fused-ring (bicyclic) bond motifs is 4. The normalized spacial score (nSPS) is 31.4. The van der Waals surface area contributed by atoms with Gasteiger partial charge in [-0.05, 0) is 134 Å². The molecule has 9 aliphatic rings. The van der Waals surface area contributed by atoms with E-state index in [2.05, 4.69) is 132 Å². The van der Waals surface area contributed by atoms with Crippen LogP contribution in [-0.4, -0.2) is 17.0 Å². The summed E-state index contributed by atoms with van der Waals surface area (Å²) in [4.78, 5) is 2.83. The molecule has 0 fully saturated rings. The summed E-state index contributed by atoms with van der Waals surface area (Å²) in [5.74, 6) is 3.20. The molecule has 0 saturated carbocycles. The molecule has 0 saturated heterocycles. The van der Waals surface area contributed by atoms with E-state index in [0.717, 1.165) is 57.8 Å². The van der Waals surface area contributed by atoms with Gasteiger partial charge < -0.3 is 9.64 Å². The van der Waals surface area contributed by atoms with E-state index < -0.39 is 0 Å². The van der Waals surface area contributed by atoms with Crippen LogP contribution in [0.2, 0.25) is 0 Å². The maximum Gasteiger partial charge on any atom is 0.127 e. The van der Waals surface area contributed by atoms with Crippen molar-refractivity contribution in [1.29, 1.82) is 0 Å². The zero-order valence-corrected chi connectivity index (χ0v) is 30.4. The van der Waals surface area contributed by atoms with Crippen LogP contribution in [0, 0.1) is 23.7 Å². The van der Waals surface area contributed by atoms with Crippen molar-refractivity contribution in [2.45, 2.75) is 89.2 Å². The lowest BCUT2D eigenvalue weighted by Gasteiger charge is -2.42. The third kappa shape index (κ3) is 5.80. The summed E-state index contributed by atoms with van der Waals surface area (Å²) in [6.45, 7) is 0. The van der Waals surface area contributed by atoms with E-state index in [1.807, 2.05) is 0 Å². The SMILES string of the molecule is C1=CCCC(C2=CC=CC(N(C3=CC[C@@H](C4=CC5C6=C(OC5C=C4)C(C4C=CC=CC4)=CCC6)CC3)C3=c4ccccc4=C4C=CCCC4C3)C2)=C1. The minimum atomic E-state index is 0.151. The molecule has 1 heterocycles. The molecule has 6 atom stereocenters. The molecule has 2 heteroatoms. The van der Waals surface area contributed by atoms with Crippen LogP contribution in [0.3, 0.4) is 0 Å². The molecule has 0 spiro atoms. The molecule has 1 aromatic carbocycles. The zero-order chi connectivity index (χ0) is 34.4. The van der Waals surface area contributed by atoms with Gasteiger partial charge in [0.2, 0.25) is 0 Å². The first-order valence-corrected chi connectivity index (χ1v) is 20.3. The molecule has 52 heavy (non-hydrogen) atoms. The van der Waals surface area contributed by atoms with Crippen molar-refractivity contribution in [3.63, 3.8) is 0 Å². The van der Waals surface area contributed by atoms with Crippen molar-refractivity contribution in [3.8, 4) is 0 Å². The summed E-state index contributed by atoms with van der Waals surface area (Å²) in [6.07, 6.45) is 54.4. The monoisotopic (exact) mass is 681 g/mol. The van der Waals surface area contributed by atoms with E-state index in [4.69, 9.17) is 4.74 Å². The molecule has 10 rings (SSSR count). The molecule has 2 nitrogen and oxygen atoms in total. The highest BCUT2D eigenvalue weighted by Crippen LogP contribution is 2.48. The van der Waals surface area contributed by atoms with Gasteiger partial charge in [-0.3, -0.25) is 0 Å². The second kappa shape index (κ2) is 13.8. The molecule has 0 amide bonds. The fraction of sp³-hybridized carbons (Fsp3) is 0.360. The van der Waals surface area contributed by atoms with Crippen molar-refractivity contribution in [2.24, 2.45) is 23.7 Å². The second-order valence-electron chi connectivity index (χ2n) is 16.2. The Kier molecular flexibility index (Phi) is 8.51. The van der Waals surface area contributed by atoms with Crippen LogP contribution >= 0.6 is 0 Å². The van der Waals surface area contributed by atoms with E-state index >= 15 is 0 Å². The lowest BCUT2D eigenvalue weighted by atomic mass is 9.76. The molecule has 0 N–H and O–H groups in total. The average molecular weight is 682 g/mol. The first-order valence-electron chi connectivity index (χ1n) is 20.3. The first kappa shape index (κ1) is 32.1. The number of ether oxygens (including phenoxy) is 1. The van der Waals surface area contributed by atoms with Crippen LogP contribution in [-0.2, 0) is 4.74 Å². The standard InChI is InChI=1S/C50H51NO/c1-3-13-34(14-4-1)37-18-11-19-41(31-37)51(48-33-39-17-7-8-20-42(39)44-21-9-10-22-45(44)48)40-28-25-35(26-29-40)38-27-30-49-47(32-38)46-24-12-23-43(50(46)52-49)36-15-5-2-6-16-36/h1-3,5-6,8-11,13,15,18-23,27-28,30,32,35-36,39,41,47,49H,4,7,12,14,16-17,24-26,29,31,33H2/t35-,36?,39?,41?,47?,49?/m1/s1. The van der Waals surface area contributed by atoms with Crippen LogP contribution < -0.4 is 10.4 Å². The van der Waals surface area contributed by atoms with Gasteiger partial charge in [0.05, 0.1) is 6.04 Å². The number of rotatable bonds is 6. The predicted octanol–water partition coefficient (Wildman–Crippen LogP) is 10.5. The molecule has 1 aromatic rings. The number of nitrogens with zero attached hydrogens (tertiary/aromatic N) is 1. The van der Waals surface area contributed by atoms with Gasteiger partial charge in [0.15, 0.2) is 0 Å². The maximum atomic E-state index is 6.75. The van der Waals surface area contributed by atoms with E-state index in [9.17, 15) is 0 Å².